The molecule has 2 aromatic rings. The number of aromatic nitrogens is 2. The summed E-state index contributed by atoms with van der Waals surface area (Å²) in [5, 5.41) is 7.98. The van der Waals surface area contributed by atoms with Gasteiger partial charge in [0.05, 0.1) is 10.9 Å². The predicted molar refractivity (Wildman–Crippen MR) is 58.2 cm³/mol. The Morgan fingerprint density at radius 1 is 1.50 bits per heavy atom. The number of fused-ring (bicyclic) bond motifs is 1. The number of rotatable bonds is 0. The van der Waals surface area contributed by atoms with Crippen molar-refractivity contribution in [3.8, 4) is 0 Å². The van der Waals surface area contributed by atoms with E-state index in [1.807, 2.05) is 12.1 Å². The molecule has 0 fully saturated rings. The number of H-pyrrole nitrogens is 1. The summed E-state index contributed by atoms with van der Waals surface area (Å²) >= 11 is 8.02. The molecule has 62 valence electrons. The van der Waals surface area contributed by atoms with Gasteiger partial charge < -0.3 is 5.73 Å². The molecule has 1 aromatic heterocycles. The molecule has 0 radical (unpaired) electrons. The van der Waals surface area contributed by atoms with Gasteiger partial charge in [-0.15, -0.1) is 0 Å². The number of anilines is 1. The summed E-state index contributed by atoms with van der Waals surface area (Å²) in [6, 6.07) is 3.79. The highest BCUT2D eigenvalue weighted by molar-refractivity contribution is 14.1. The van der Waals surface area contributed by atoms with E-state index in [-0.39, 0.29) is 0 Å². The number of nitrogens with one attached hydrogen (secondary N) is 1. The molecule has 0 saturated carbocycles. The molecule has 0 aliphatic rings. The third kappa shape index (κ3) is 1.15. The van der Waals surface area contributed by atoms with Crippen LogP contribution in [-0.4, -0.2) is 10.2 Å². The molecule has 3 nitrogen and oxygen atoms in total. The van der Waals surface area contributed by atoms with Crippen LogP contribution in [0.2, 0.25) is 5.15 Å². The molecule has 0 saturated heterocycles. The first-order valence-corrected chi connectivity index (χ1v) is 4.73. The number of hydrogen-bond donors (Lipinski definition) is 2. The molecule has 1 aromatic carbocycles. The molecular weight excluding hydrogens is 288 g/mol. The highest BCUT2D eigenvalue weighted by Crippen LogP contribution is 2.28. The molecular formula is C7H5ClIN3. The van der Waals surface area contributed by atoms with E-state index in [0.717, 1.165) is 14.5 Å². The Hall–Kier alpha value is -0.490. The van der Waals surface area contributed by atoms with Crippen molar-refractivity contribution in [2.24, 2.45) is 0 Å². The number of halogens is 2. The van der Waals surface area contributed by atoms with Gasteiger partial charge in [-0.25, -0.2) is 0 Å². The lowest BCUT2D eigenvalue weighted by Gasteiger charge is -1.96. The van der Waals surface area contributed by atoms with Crippen LogP contribution in [0.4, 0.5) is 5.69 Å². The standard InChI is InChI=1S/C7H5ClIN3/c8-7-6-4(10)1-3(9)2-5(6)11-12-7/h1-2H,10H2,(H,11,12). The second kappa shape index (κ2) is 2.77. The quantitative estimate of drug-likeness (QED) is 0.579. The fourth-order valence-electron chi connectivity index (χ4n) is 1.11. The van der Waals surface area contributed by atoms with Crippen LogP contribution >= 0.6 is 34.2 Å². The molecule has 0 amide bonds. The summed E-state index contributed by atoms with van der Waals surface area (Å²) in [5.74, 6) is 0. The van der Waals surface area contributed by atoms with E-state index >= 15 is 0 Å². The van der Waals surface area contributed by atoms with Gasteiger partial charge in [-0.3, -0.25) is 5.10 Å². The number of aromatic amines is 1. The van der Waals surface area contributed by atoms with E-state index in [1.54, 1.807) is 0 Å². The van der Waals surface area contributed by atoms with E-state index in [4.69, 9.17) is 17.3 Å². The Bertz CT molecular complexity index is 437. The molecule has 3 N–H and O–H groups in total. The zero-order chi connectivity index (χ0) is 8.72. The van der Waals surface area contributed by atoms with Gasteiger partial charge in [-0.2, -0.15) is 5.10 Å². The molecule has 0 spiro atoms. The van der Waals surface area contributed by atoms with Crippen LogP contribution in [0.25, 0.3) is 10.9 Å². The van der Waals surface area contributed by atoms with E-state index < -0.39 is 0 Å². The fraction of sp³-hybridized carbons (Fsp3) is 0. The van der Waals surface area contributed by atoms with Gasteiger partial charge in [0.15, 0.2) is 0 Å². The van der Waals surface area contributed by atoms with Gasteiger partial charge in [0.25, 0.3) is 0 Å². The predicted octanol–water partition coefficient (Wildman–Crippen LogP) is 2.40. The lowest BCUT2D eigenvalue weighted by Crippen LogP contribution is -1.86. The topological polar surface area (TPSA) is 54.7 Å². The Balaban J connectivity index is 2.93. The Labute approximate surface area is 87.4 Å². The Morgan fingerprint density at radius 3 is 3.00 bits per heavy atom. The van der Waals surface area contributed by atoms with Crippen molar-refractivity contribution in [2.45, 2.75) is 0 Å². The number of nitrogens with zero attached hydrogens (tertiary/aromatic N) is 1. The maximum Gasteiger partial charge on any atom is 0.134 e. The summed E-state index contributed by atoms with van der Waals surface area (Å²) in [5.41, 5.74) is 7.23. The molecule has 5 heteroatoms. The molecule has 0 aliphatic carbocycles. The highest BCUT2D eigenvalue weighted by Gasteiger charge is 2.06. The second-order valence-corrected chi connectivity index (χ2v) is 4.05. The minimum atomic E-state index is 0.499. The van der Waals surface area contributed by atoms with Gasteiger partial charge in [0.2, 0.25) is 0 Å². The first kappa shape index (κ1) is 8.12. The van der Waals surface area contributed by atoms with Crippen LogP contribution in [0.3, 0.4) is 0 Å². The number of nitrogens with two attached hydrogens (primary N) is 1. The number of nitrogen functional groups attached to an aromatic ring is 1. The first-order valence-electron chi connectivity index (χ1n) is 3.27. The van der Waals surface area contributed by atoms with Crippen molar-refractivity contribution >= 4 is 50.8 Å². The van der Waals surface area contributed by atoms with Gasteiger partial charge in [0.1, 0.15) is 5.15 Å². The van der Waals surface area contributed by atoms with Crippen molar-refractivity contribution in [1.82, 2.24) is 10.2 Å². The third-order valence-electron chi connectivity index (χ3n) is 1.61. The number of hydrogen-bond acceptors (Lipinski definition) is 2. The minimum Gasteiger partial charge on any atom is -0.398 e. The van der Waals surface area contributed by atoms with Gasteiger partial charge >= 0.3 is 0 Å². The largest absolute Gasteiger partial charge is 0.398 e. The third-order valence-corrected chi connectivity index (χ3v) is 2.50. The zero-order valence-corrected chi connectivity index (χ0v) is 8.85. The van der Waals surface area contributed by atoms with Gasteiger partial charge in [-0.1, -0.05) is 11.6 Å². The van der Waals surface area contributed by atoms with Crippen LogP contribution in [0.15, 0.2) is 12.1 Å². The van der Waals surface area contributed by atoms with Crippen molar-refractivity contribution in [3.63, 3.8) is 0 Å². The van der Waals surface area contributed by atoms with Crippen LogP contribution in [0.1, 0.15) is 0 Å². The van der Waals surface area contributed by atoms with E-state index in [9.17, 15) is 0 Å². The normalized spacial score (nSPS) is 10.8. The van der Waals surface area contributed by atoms with Crippen LogP contribution in [0.5, 0.6) is 0 Å². The second-order valence-electron chi connectivity index (χ2n) is 2.43. The lowest BCUT2D eigenvalue weighted by atomic mass is 10.2. The van der Waals surface area contributed by atoms with Crippen LogP contribution in [-0.2, 0) is 0 Å². The van der Waals surface area contributed by atoms with Crippen molar-refractivity contribution < 1.29 is 0 Å². The molecule has 0 bridgehead atoms. The van der Waals surface area contributed by atoms with Crippen molar-refractivity contribution in [2.75, 3.05) is 5.73 Å². The monoisotopic (exact) mass is 293 g/mol. The molecule has 0 atom stereocenters. The van der Waals surface area contributed by atoms with Gasteiger partial charge in [-0.05, 0) is 34.7 Å². The lowest BCUT2D eigenvalue weighted by molar-refractivity contribution is 1.12. The highest BCUT2D eigenvalue weighted by atomic mass is 127. The average molecular weight is 293 g/mol. The van der Waals surface area contributed by atoms with Crippen LogP contribution in [0, 0.1) is 3.57 Å². The summed E-state index contributed by atoms with van der Waals surface area (Å²) in [7, 11) is 0. The maximum absolute atomic E-state index is 5.83. The SMILES string of the molecule is Nc1cc(I)cc2n[nH]c(Cl)c12. The fourth-order valence-corrected chi connectivity index (χ4v) is 1.98. The summed E-state index contributed by atoms with van der Waals surface area (Å²) in [6.07, 6.45) is 0. The molecule has 0 unspecified atom stereocenters. The van der Waals surface area contributed by atoms with E-state index in [2.05, 4.69) is 32.8 Å². The minimum absolute atomic E-state index is 0.499. The smallest absolute Gasteiger partial charge is 0.134 e. The first-order chi connectivity index (χ1) is 5.68. The van der Waals surface area contributed by atoms with Crippen molar-refractivity contribution in [3.05, 3.63) is 20.9 Å². The summed E-state index contributed by atoms with van der Waals surface area (Å²) in [4.78, 5) is 0. The van der Waals surface area contributed by atoms with E-state index in [0.29, 0.717) is 10.8 Å². The molecule has 12 heavy (non-hydrogen) atoms. The van der Waals surface area contributed by atoms with Crippen LogP contribution < -0.4 is 5.73 Å². The van der Waals surface area contributed by atoms with E-state index in [1.165, 1.54) is 0 Å². The summed E-state index contributed by atoms with van der Waals surface area (Å²) < 4.78 is 1.06. The summed E-state index contributed by atoms with van der Waals surface area (Å²) in [6.45, 7) is 0. The molecule has 0 aliphatic heterocycles. The molecule has 2 rings (SSSR count). The Kier molecular flexibility index (Phi) is 1.88. The zero-order valence-electron chi connectivity index (χ0n) is 5.94. The van der Waals surface area contributed by atoms with Crippen molar-refractivity contribution in [1.29, 1.82) is 0 Å². The number of benzene rings is 1. The molecule has 1 heterocycles. The Morgan fingerprint density at radius 2 is 2.25 bits per heavy atom. The average Bonchev–Trinajstić information content (AvgIpc) is 2.31. The van der Waals surface area contributed by atoms with Gasteiger partial charge in [0, 0.05) is 9.26 Å². The maximum atomic E-state index is 5.83.